The van der Waals surface area contributed by atoms with Gasteiger partial charge in [-0.2, -0.15) is 0 Å². The third-order valence-electron chi connectivity index (χ3n) is 2.83. The Morgan fingerprint density at radius 1 is 1.40 bits per heavy atom. The van der Waals surface area contributed by atoms with Crippen molar-refractivity contribution in [2.45, 2.75) is 25.3 Å². The van der Waals surface area contributed by atoms with E-state index in [9.17, 15) is 4.79 Å². The molecule has 1 aliphatic heterocycles. The van der Waals surface area contributed by atoms with Crippen LogP contribution < -0.4 is 10.6 Å². The number of piperidine rings is 1. The number of aliphatic hydroxyl groups excluding tert-OH is 2. The van der Waals surface area contributed by atoms with Crippen LogP contribution in [0.25, 0.3) is 0 Å². The zero-order valence-corrected chi connectivity index (χ0v) is 9.12. The smallest absolute Gasteiger partial charge is 0.223 e. The predicted octanol–water partition coefficient (Wildman–Crippen LogP) is -1.15. The summed E-state index contributed by atoms with van der Waals surface area (Å²) in [7, 11) is 0. The molecule has 1 heterocycles. The molecule has 0 radical (unpaired) electrons. The monoisotopic (exact) mass is 216 g/mol. The standard InChI is InChI=1S/C10H20N2O3/c1-10(6-13,7-14)12-9(15)8-2-4-11-5-3-8/h8,11,13-14H,2-7H2,1H3,(H,12,15). The predicted molar refractivity (Wildman–Crippen MR) is 56.3 cm³/mol. The molecule has 0 saturated carbocycles. The summed E-state index contributed by atoms with van der Waals surface area (Å²) < 4.78 is 0. The topological polar surface area (TPSA) is 81.6 Å². The normalized spacial score (nSPS) is 18.9. The van der Waals surface area contributed by atoms with Crippen molar-refractivity contribution in [1.82, 2.24) is 10.6 Å². The van der Waals surface area contributed by atoms with Crippen molar-refractivity contribution in [3.05, 3.63) is 0 Å². The molecule has 1 amide bonds. The number of amides is 1. The van der Waals surface area contributed by atoms with Gasteiger partial charge in [-0.25, -0.2) is 0 Å². The molecular weight excluding hydrogens is 196 g/mol. The zero-order valence-electron chi connectivity index (χ0n) is 9.12. The van der Waals surface area contributed by atoms with Crippen molar-refractivity contribution in [3.8, 4) is 0 Å². The number of carbonyl (C=O) groups excluding carboxylic acids is 1. The summed E-state index contributed by atoms with van der Waals surface area (Å²) in [6, 6.07) is 0. The van der Waals surface area contributed by atoms with Crippen LogP contribution in [-0.2, 0) is 4.79 Å². The van der Waals surface area contributed by atoms with Crippen molar-refractivity contribution in [2.75, 3.05) is 26.3 Å². The fourth-order valence-electron chi connectivity index (χ4n) is 1.61. The van der Waals surface area contributed by atoms with Gasteiger partial charge in [0.25, 0.3) is 0 Å². The average molecular weight is 216 g/mol. The van der Waals surface area contributed by atoms with E-state index in [-0.39, 0.29) is 25.0 Å². The van der Waals surface area contributed by atoms with Crippen molar-refractivity contribution in [3.63, 3.8) is 0 Å². The van der Waals surface area contributed by atoms with Gasteiger partial charge in [-0.1, -0.05) is 0 Å². The maximum atomic E-state index is 11.8. The molecule has 4 N–H and O–H groups in total. The molecule has 1 rings (SSSR count). The van der Waals surface area contributed by atoms with E-state index in [1.54, 1.807) is 6.92 Å². The van der Waals surface area contributed by atoms with Crippen LogP contribution in [0.3, 0.4) is 0 Å². The van der Waals surface area contributed by atoms with Gasteiger partial charge in [-0.05, 0) is 32.9 Å². The highest BCUT2D eigenvalue weighted by atomic mass is 16.3. The Labute approximate surface area is 89.9 Å². The van der Waals surface area contributed by atoms with E-state index in [4.69, 9.17) is 10.2 Å². The lowest BCUT2D eigenvalue weighted by molar-refractivity contribution is -0.128. The first-order valence-corrected chi connectivity index (χ1v) is 5.36. The molecule has 0 aromatic carbocycles. The fraction of sp³-hybridized carbons (Fsp3) is 0.900. The second-order valence-corrected chi connectivity index (χ2v) is 4.39. The van der Waals surface area contributed by atoms with Crippen LogP contribution >= 0.6 is 0 Å². The van der Waals surface area contributed by atoms with Crippen LogP contribution in [0.1, 0.15) is 19.8 Å². The second-order valence-electron chi connectivity index (χ2n) is 4.39. The van der Waals surface area contributed by atoms with E-state index >= 15 is 0 Å². The molecule has 0 aromatic rings. The summed E-state index contributed by atoms with van der Waals surface area (Å²) >= 11 is 0. The molecule has 0 unspecified atom stereocenters. The van der Waals surface area contributed by atoms with E-state index < -0.39 is 5.54 Å². The second kappa shape index (κ2) is 5.44. The minimum Gasteiger partial charge on any atom is -0.394 e. The fourth-order valence-corrected chi connectivity index (χ4v) is 1.61. The molecule has 1 fully saturated rings. The van der Waals surface area contributed by atoms with Gasteiger partial charge in [-0.3, -0.25) is 4.79 Å². The lowest BCUT2D eigenvalue weighted by atomic mass is 9.95. The minimum atomic E-state index is -0.901. The van der Waals surface area contributed by atoms with Crippen LogP contribution in [0.4, 0.5) is 0 Å². The summed E-state index contributed by atoms with van der Waals surface area (Å²) in [6.07, 6.45) is 1.64. The molecule has 0 spiro atoms. The SMILES string of the molecule is CC(CO)(CO)NC(=O)C1CCNCC1. The molecule has 0 bridgehead atoms. The van der Waals surface area contributed by atoms with E-state index in [1.807, 2.05) is 0 Å². The van der Waals surface area contributed by atoms with Crippen molar-refractivity contribution >= 4 is 5.91 Å². The largest absolute Gasteiger partial charge is 0.394 e. The number of hydrogen-bond acceptors (Lipinski definition) is 4. The highest BCUT2D eigenvalue weighted by Crippen LogP contribution is 2.13. The Bertz CT molecular complexity index is 211. The Balaban J connectivity index is 2.46. The van der Waals surface area contributed by atoms with E-state index in [0.29, 0.717) is 0 Å². The summed E-state index contributed by atoms with van der Waals surface area (Å²) in [5, 5.41) is 24.0. The van der Waals surface area contributed by atoms with E-state index in [1.165, 1.54) is 0 Å². The van der Waals surface area contributed by atoms with Gasteiger partial charge in [0.2, 0.25) is 5.91 Å². The molecule has 5 nitrogen and oxygen atoms in total. The maximum Gasteiger partial charge on any atom is 0.223 e. The van der Waals surface area contributed by atoms with Crippen LogP contribution in [-0.4, -0.2) is 48.0 Å². The van der Waals surface area contributed by atoms with Gasteiger partial charge < -0.3 is 20.8 Å². The maximum absolute atomic E-state index is 11.8. The molecular formula is C10H20N2O3. The van der Waals surface area contributed by atoms with E-state index in [0.717, 1.165) is 25.9 Å². The number of rotatable bonds is 4. The third-order valence-corrected chi connectivity index (χ3v) is 2.83. The minimum absolute atomic E-state index is 0.00340. The summed E-state index contributed by atoms with van der Waals surface area (Å²) in [5.41, 5.74) is -0.901. The van der Waals surface area contributed by atoms with Gasteiger partial charge in [-0.15, -0.1) is 0 Å². The molecule has 0 aliphatic carbocycles. The molecule has 15 heavy (non-hydrogen) atoms. The average Bonchev–Trinajstić information content (AvgIpc) is 2.30. The molecule has 88 valence electrons. The van der Waals surface area contributed by atoms with Gasteiger partial charge in [0.15, 0.2) is 0 Å². The van der Waals surface area contributed by atoms with Crippen LogP contribution in [0, 0.1) is 5.92 Å². The van der Waals surface area contributed by atoms with Crippen molar-refractivity contribution in [2.24, 2.45) is 5.92 Å². The highest BCUT2D eigenvalue weighted by Gasteiger charge is 2.29. The summed E-state index contributed by atoms with van der Waals surface area (Å²) in [4.78, 5) is 11.8. The lowest BCUT2D eigenvalue weighted by Gasteiger charge is -2.30. The van der Waals surface area contributed by atoms with Crippen molar-refractivity contribution in [1.29, 1.82) is 0 Å². The molecule has 0 atom stereocenters. The first-order chi connectivity index (χ1) is 7.11. The molecule has 0 aromatic heterocycles. The first kappa shape index (κ1) is 12.4. The van der Waals surface area contributed by atoms with Gasteiger partial charge in [0.05, 0.1) is 18.8 Å². The van der Waals surface area contributed by atoms with Crippen LogP contribution in [0.5, 0.6) is 0 Å². The van der Waals surface area contributed by atoms with E-state index in [2.05, 4.69) is 10.6 Å². The van der Waals surface area contributed by atoms with Gasteiger partial charge in [0.1, 0.15) is 0 Å². The number of carbonyl (C=O) groups is 1. The van der Waals surface area contributed by atoms with Crippen LogP contribution in [0.15, 0.2) is 0 Å². The highest BCUT2D eigenvalue weighted by molar-refractivity contribution is 5.79. The number of aliphatic hydroxyl groups is 2. The Hall–Kier alpha value is -0.650. The van der Waals surface area contributed by atoms with Gasteiger partial charge in [0, 0.05) is 5.92 Å². The first-order valence-electron chi connectivity index (χ1n) is 5.36. The lowest BCUT2D eigenvalue weighted by Crippen LogP contribution is -2.54. The zero-order chi connectivity index (χ0) is 11.3. The quantitative estimate of drug-likeness (QED) is 0.478. The summed E-state index contributed by atoms with van der Waals surface area (Å²) in [6.45, 7) is 2.84. The molecule has 1 saturated heterocycles. The number of nitrogens with one attached hydrogen (secondary N) is 2. The Morgan fingerprint density at radius 3 is 2.40 bits per heavy atom. The Morgan fingerprint density at radius 2 is 1.93 bits per heavy atom. The Kier molecular flexibility index (Phi) is 4.50. The van der Waals surface area contributed by atoms with Crippen LogP contribution in [0.2, 0.25) is 0 Å². The van der Waals surface area contributed by atoms with Gasteiger partial charge >= 0.3 is 0 Å². The molecule has 5 heteroatoms. The molecule has 1 aliphatic rings. The number of hydrogen-bond donors (Lipinski definition) is 4. The van der Waals surface area contributed by atoms with Crippen molar-refractivity contribution < 1.29 is 15.0 Å². The summed E-state index contributed by atoms with van der Waals surface area (Å²) in [5.74, 6) is -0.0641. The third kappa shape index (κ3) is 3.44.